The van der Waals surface area contributed by atoms with Gasteiger partial charge in [-0.25, -0.2) is 14.4 Å². The van der Waals surface area contributed by atoms with Gasteiger partial charge in [0.05, 0.1) is 31.1 Å². The van der Waals surface area contributed by atoms with Crippen molar-refractivity contribution in [3.05, 3.63) is 237 Å². The van der Waals surface area contributed by atoms with Crippen LogP contribution in [0.5, 0.6) is 0 Å². The van der Waals surface area contributed by atoms with Gasteiger partial charge in [-0.15, -0.1) is 13.2 Å². The molecule has 18 heteroatoms. The van der Waals surface area contributed by atoms with Crippen LogP contribution >= 0.6 is 0 Å². The first kappa shape index (κ1) is 139. The van der Waals surface area contributed by atoms with Crippen molar-refractivity contribution >= 4 is 58.8 Å². The van der Waals surface area contributed by atoms with Crippen molar-refractivity contribution in [2.24, 2.45) is 82.9 Å². The van der Waals surface area contributed by atoms with E-state index in [1.807, 2.05) is 121 Å². The van der Waals surface area contributed by atoms with Gasteiger partial charge in [-0.2, -0.15) is 0 Å². The molecule has 2 rings (SSSR count). The first-order chi connectivity index (χ1) is 58.6. The van der Waals surface area contributed by atoms with Gasteiger partial charge in [0.2, 0.25) is 5.91 Å². The molecule has 1 aromatic rings. The van der Waals surface area contributed by atoms with Gasteiger partial charge >= 0.3 is 17.9 Å². The summed E-state index contributed by atoms with van der Waals surface area (Å²) in [5, 5.41) is 41.9. The van der Waals surface area contributed by atoms with E-state index in [0.717, 1.165) is 95.4 Å². The standard InChI is InChI=1S/C12H21NO.C12H16.C11H20O.C10H17NO3.C10H18O3.C10H16O.C9H14O2.C8H14O.C8H14.C7H10O3.C7H12O.C6H12/c1-9(2)11(5)13-7-8-14-12(6)10(3)4;1-4-11-5-7-12(8-6-11)9-10(2)3;1-4-9-5-6-10(8(2)3)11(12)7-9;1-7(2)9(12)11-5-6-14-10(13)8(3)4;1-7(2)9(11)5-6-13-10(12)8(3)4;1-7(2)10(5)8(3)6-9(4)11;1-6(2)9(11)5-7(3)8(4)10;1-5-7(4)8(9)6(2)3;1-6(2)8(5)7(3)4;1-5(2)6(8)3-4-7(9)10;1-5(2)7(8)6(3)4;1-4-5-6(2)3/h9,13H,3,5-8H2,1-2,4H3;4-8,10H,1,9H2,2-3H3;4,8-12H,1,5-7H2,2-3H3;7H,3,5-6H2,1-2,4H3,(H,11,12);7,9,11H,3,5-6H2,1-2,4H3;7,11H,3-6H2,1-2H3;6H,3,5H2,1-2,4H3;5-6H,1-4H3;7H,1,5H2,2-4H3;3-5H,1-2H3,(H,9,10);6H,1H2,2-4H3;4,6H,1,5H2,2-3H3/b;;;;;;;7-5+;;4-3-;;. The Kier molecular flexibility index (Phi) is 90.0. The molecule has 6 N–H and O–H groups in total. The van der Waals surface area contributed by atoms with Crippen LogP contribution in [-0.4, -0.2) is 118 Å². The first-order valence-corrected chi connectivity index (χ1v) is 44.9. The number of carbonyl (C=O) groups is 9. The van der Waals surface area contributed by atoms with Crippen LogP contribution in [0.25, 0.3) is 6.08 Å². The van der Waals surface area contributed by atoms with Gasteiger partial charge in [0.25, 0.3) is 0 Å². The maximum atomic E-state index is 11.1. The number of allylic oxidation sites excluding steroid dienone is 13. The Morgan fingerprint density at radius 1 is 0.492 bits per heavy atom. The fourth-order valence-corrected chi connectivity index (χ4v) is 9.11. The molecule has 0 bridgehead atoms. The molecular formula is C110H184N2O16. The predicted octanol–water partition coefficient (Wildman–Crippen LogP) is 26.2. The second-order valence-corrected chi connectivity index (χ2v) is 35.7. The minimum atomic E-state index is -1.09. The number of rotatable bonds is 41. The molecule has 0 radical (unpaired) electrons. The first-order valence-electron chi connectivity index (χ1n) is 44.9. The second kappa shape index (κ2) is 83.0. The molecule has 1 fully saturated rings. The topological polar surface area (TPSA) is 286 Å². The van der Waals surface area contributed by atoms with E-state index in [0.29, 0.717) is 89.6 Å². The number of amides is 1. The third-order valence-electron chi connectivity index (χ3n) is 18.4. The lowest BCUT2D eigenvalue weighted by atomic mass is 9.75. The number of hydrogen-bond acceptors (Lipinski definition) is 16. The monoisotopic (exact) mass is 1790 g/mol. The minimum Gasteiger partial charge on any atom is -0.513 e. The molecule has 0 aromatic heterocycles. The lowest BCUT2D eigenvalue weighted by Crippen LogP contribution is -2.31. The van der Waals surface area contributed by atoms with Gasteiger partial charge in [-0.05, 0) is 191 Å². The Bertz CT molecular complexity index is 3560. The van der Waals surface area contributed by atoms with Gasteiger partial charge in [0, 0.05) is 78.3 Å². The molecule has 4 atom stereocenters. The molecule has 1 amide bonds. The van der Waals surface area contributed by atoms with Crippen LogP contribution in [0.1, 0.15) is 278 Å². The van der Waals surface area contributed by atoms with E-state index in [1.54, 1.807) is 48.5 Å². The Morgan fingerprint density at radius 3 is 1.23 bits per heavy atom. The SMILES string of the molecule is C/C=C(\C)C(=O)C(C)C.C=C(C)C(=C)C(C)C.C=C(C)C(=C)OCCNC(=C)C(C)C.C=C(C)C(=O)C(C)C.C=C(C)C(=O)OCCC(O)C(C)C.C=C(C)C(=O)OCCNC(=O)C(C)C.C=C(CC(=O)C(C)C)C(C)=O.C=C(O)CC(=C)C(=C)C(C)C.C=CC1CCC(C(C)C)C(O)C1.C=CCC(C)C.C=Cc1ccc(CC(C)C)cc1.CC(C)C(=O)/C=C\C(=O)O. The lowest BCUT2D eigenvalue weighted by Gasteiger charge is -2.34. The van der Waals surface area contributed by atoms with Gasteiger partial charge < -0.3 is 45.3 Å². The summed E-state index contributed by atoms with van der Waals surface area (Å²) in [7, 11) is 0. The summed E-state index contributed by atoms with van der Waals surface area (Å²) in [5.74, 6) is 3.92. The zero-order valence-corrected chi connectivity index (χ0v) is 86.5. The van der Waals surface area contributed by atoms with Crippen LogP contribution in [-0.2, 0) is 63.8 Å². The van der Waals surface area contributed by atoms with E-state index in [1.165, 1.54) is 24.5 Å². The largest absolute Gasteiger partial charge is 0.513 e. The van der Waals surface area contributed by atoms with E-state index < -0.39 is 24.0 Å². The molecule has 0 spiro atoms. The van der Waals surface area contributed by atoms with Gasteiger partial charge in [-0.1, -0.05) is 311 Å². The molecule has 0 aliphatic heterocycles. The molecule has 1 saturated carbocycles. The third-order valence-corrected chi connectivity index (χ3v) is 18.4. The number of nitrogens with one attached hydrogen (secondary N) is 2. The summed E-state index contributed by atoms with van der Waals surface area (Å²) in [6, 6.07) is 8.59. The van der Waals surface area contributed by atoms with Crippen LogP contribution < -0.4 is 10.6 Å². The Balaban J connectivity index is -0.000000149. The number of ether oxygens (including phenoxy) is 3. The zero-order chi connectivity index (χ0) is 103. The molecule has 18 nitrogen and oxygen atoms in total. The predicted molar refractivity (Wildman–Crippen MR) is 546 cm³/mol. The summed E-state index contributed by atoms with van der Waals surface area (Å²) in [5.41, 5.74) is 11.3. The highest BCUT2D eigenvalue weighted by molar-refractivity contribution is 5.99. The smallest absolute Gasteiger partial charge is 0.333 e. The van der Waals surface area contributed by atoms with Crippen molar-refractivity contribution in [3.8, 4) is 0 Å². The number of esters is 2. The summed E-state index contributed by atoms with van der Waals surface area (Å²) in [6.45, 7) is 119. The number of ketones is 5. The van der Waals surface area contributed by atoms with Crippen molar-refractivity contribution in [2.45, 2.75) is 285 Å². The highest BCUT2D eigenvalue weighted by atomic mass is 16.5. The quantitative estimate of drug-likeness (QED) is 0.00887. The number of carboxylic acid groups (broad SMARTS) is 1. The lowest BCUT2D eigenvalue weighted by molar-refractivity contribution is -0.140. The van der Waals surface area contributed by atoms with Gasteiger partial charge in [0.1, 0.15) is 24.8 Å². The third kappa shape index (κ3) is 89.7. The number of benzene rings is 1. The number of aliphatic hydroxyl groups excluding tert-OH is 3. The molecule has 1 aromatic carbocycles. The number of Topliss-reactive ketones (excluding diaryl/α,β-unsaturated/α-hetero) is 4. The molecule has 1 aliphatic rings. The number of carboxylic acids is 1. The van der Waals surface area contributed by atoms with Crippen LogP contribution in [0.3, 0.4) is 0 Å². The molecule has 0 heterocycles. The average Bonchev–Trinajstić information content (AvgIpc) is 0.858. The highest BCUT2D eigenvalue weighted by Crippen LogP contribution is 2.34. The molecule has 4 unspecified atom stereocenters. The highest BCUT2D eigenvalue weighted by Gasteiger charge is 2.29. The van der Waals surface area contributed by atoms with Crippen molar-refractivity contribution in [3.63, 3.8) is 0 Å². The Labute approximate surface area is 781 Å². The summed E-state index contributed by atoms with van der Waals surface area (Å²) in [4.78, 5) is 96.9. The molecule has 1 aliphatic carbocycles. The minimum absolute atomic E-state index is 0.00824. The van der Waals surface area contributed by atoms with Gasteiger partial charge in [-0.3, -0.25) is 28.8 Å². The van der Waals surface area contributed by atoms with E-state index in [9.17, 15) is 53.4 Å². The van der Waals surface area contributed by atoms with E-state index >= 15 is 0 Å². The summed E-state index contributed by atoms with van der Waals surface area (Å²) >= 11 is 0. The number of aliphatic hydroxyl groups is 3. The maximum absolute atomic E-state index is 11.1. The van der Waals surface area contributed by atoms with Gasteiger partial charge in [0.15, 0.2) is 23.1 Å². The molecule has 0 saturated heterocycles. The number of aliphatic carboxylic acids is 1. The van der Waals surface area contributed by atoms with E-state index in [-0.39, 0.29) is 102 Å². The van der Waals surface area contributed by atoms with Crippen LogP contribution in [0, 0.1) is 82.9 Å². The number of hydrogen-bond donors (Lipinski definition) is 6. The van der Waals surface area contributed by atoms with E-state index in [4.69, 9.17) is 24.4 Å². The zero-order valence-electron chi connectivity index (χ0n) is 86.5. The fraction of sp³-hybridized carbons (Fsp3) is 0.555. The van der Waals surface area contributed by atoms with Crippen LogP contribution in [0.4, 0.5) is 0 Å². The Hall–Kier alpha value is -9.65. The van der Waals surface area contributed by atoms with Crippen molar-refractivity contribution in [1.29, 1.82) is 0 Å². The normalized spacial score (nSPS) is 12.8. The fourth-order valence-electron chi connectivity index (χ4n) is 9.11. The van der Waals surface area contributed by atoms with Crippen LogP contribution in [0.2, 0.25) is 0 Å². The van der Waals surface area contributed by atoms with Crippen LogP contribution in [0.15, 0.2) is 226 Å². The summed E-state index contributed by atoms with van der Waals surface area (Å²) < 4.78 is 14.9. The van der Waals surface area contributed by atoms with Crippen molar-refractivity contribution in [2.75, 3.05) is 32.9 Å². The maximum Gasteiger partial charge on any atom is 0.333 e. The molecule has 128 heavy (non-hydrogen) atoms. The summed E-state index contributed by atoms with van der Waals surface area (Å²) in [6.07, 6.45) is 15.8. The van der Waals surface area contributed by atoms with E-state index in [2.05, 4.69) is 203 Å². The Morgan fingerprint density at radius 2 is 0.953 bits per heavy atom. The second-order valence-electron chi connectivity index (χ2n) is 35.7. The van der Waals surface area contributed by atoms with Crippen molar-refractivity contribution in [1.82, 2.24) is 10.6 Å². The molecule has 730 valence electrons. The number of carbonyl (C=O) groups excluding carboxylic acids is 8. The average molecular weight is 1790 g/mol. The molecular weight excluding hydrogens is 1610 g/mol. The van der Waals surface area contributed by atoms with Crippen molar-refractivity contribution < 1.29 is 77.8 Å².